The molecule has 2 N–H and O–H groups in total. The lowest BCUT2D eigenvalue weighted by Gasteiger charge is -2.25. The van der Waals surface area contributed by atoms with Crippen molar-refractivity contribution in [2.45, 2.75) is 25.3 Å². The maximum absolute atomic E-state index is 12.0. The van der Waals surface area contributed by atoms with E-state index in [2.05, 4.69) is 5.32 Å². The van der Waals surface area contributed by atoms with E-state index in [-0.39, 0.29) is 30.4 Å². The molecule has 15 heavy (non-hydrogen) atoms. The number of amides is 2. The Morgan fingerprint density at radius 2 is 2.40 bits per heavy atom. The summed E-state index contributed by atoms with van der Waals surface area (Å²) in [5, 5.41) is 11.8. The molecule has 0 aliphatic carbocycles. The number of carbonyl (C=O) groups is 2. The van der Waals surface area contributed by atoms with E-state index in [9.17, 15) is 9.59 Å². The molecule has 5 nitrogen and oxygen atoms in total. The van der Waals surface area contributed by atoms with E-state index in [1.165, 1.54) is 0 Å². The monoisotopic (exact) mass is 212 g/mol. The summed E-state index contributed by atoms with van der Waals surface area (Å²) >= 11 is 0. The minimum absolute atomic E-state index is 0.0184. The van der Waals surface area contributed by atoms with E-state index in [4.69, 9.17) is 5.11 Å². The molecule has 2 amide bonds. The summed E-state index contributed by atoms with van der Waals surface area (Å²) in [6.45, 7) is 1.20. The van der Waals surface area contributed by atoms with E-state index >= 15 is 0 Å². The van der Waals surface area contributed by atoms with Crippen molar-refractivity contribution >= 4 is 11.8 Å². The average molecular weight is 212 g/mol. The van der Waals surface area contributed by atoms with Gasteiger partial charge in [-0.2, -0.15) is 0 Å². The smallest absolute Gasteiger partial charge is 0.228 e. The molecular weight excluding hydrogens is 196 g/mol. The van der Waals surface area contributed by atoms with Gasteiger partial charge in [-0.25, -0.2) is 0 Å². The van der Waals surface area contributed by atoms with Crippen molar-refractivity contribution in [1.82, 2.24) is 10.2 Å². The van der Waals surface area contributed by atoms with Crippen LogP contribution in [0.5, 0.6) is 0 Å². The molecule has 2 aliphatic rings. The molecule has 0 bridgehead atoms. The van der Waals surface area contributed by atoms with Gasteiger partial charge in [-0.1, -0.05) is 0 Å². The predicted octanol–water partition coefficient (Wildman–Crippen LogP) is -0.894. The fraction of sp³-hybridized carbons (Fsp3) is 0.800. The Morgan fingerprint density at radius 3 is 3.00 bits per heavy atom. The third kappa shape index (κ3) is 1.97. The van der Waals surface area contributed by atoms with Gasteiger partial charge in [0.05, 0.1) is 18.6 Å². The van der Waals surface area contributed by atoms with E-state index in [0.29, 0.717) is 13.0 Å². The molecule has 2 saturated heterocycles. The maximum Gasteiger partial charge on any atom is 0.228 e. The largest absolute Gasteiger partial charge is 0.394 e. The first kappa shape index (κ1) is 10.4. The quantitative estimate of drug-likeness (QED) is 0.623. The minimum Gasteiger partial charge on any atom is -0.394 e. The average Bonchev–Trinajstić information content (AvgIpc) is 2.84. The Balaban J connectivity index is 1.98. The van der Waals surface area contributed by atoms with Gasteiger partial charge in [-0.3, -0.25) is 9.59 Å². The van der Waals surface area contributed by atoms with Crippen molar-refractivity contribution in [1.29, 1.82) is 0 Å². The maximum atomic E-state index is 12.0. The summed E-state index contributed by atoms with van der Waals surface area (Å²) in [5.41, 5.74) is 0. The summed E-state index contributed by atoms with van der Waals surface area (Å²) in [5.74, 6) is -0.248. The van der Waals surface area contributed by atoms with Crippen LogP contribution in [0.25, 0.3) is 0 Å². The van der Waals surface area contributed by atoms with Gasteiger partial charge in [-0.05, 0) is 12.8 Å². The van der Waals surface area contributed by atoms with Gasteiger partial charge in [0.15, 0.2) is 0 Å². The Bertz CT molecular complexity index is 280. The molecule has 2 unspecified atom stereocenters. The van der Waals surface area contributed by atoms with Crippen LogP contribution in [0.2, 0.25) is 0 Å². The number of nitrogens with zero attached hydrogens (tertiary/aromatic N) is 1. The molecule has 2 rings (SSSR count). The normalized spacial score (nSPS) is 30.7. The fourth-order valence-electron chi connectivity index (χ4n) is 2.33. The van der Waals surface area contributed by atoms with Crippen molar-refractivity contribution in [2.75, 3.05) is 19.7 Å². The molecule has 0 spiro atoms. The van der Waals surface area contributed by atoms with Gasteiger partial charge in [0.2, 0.25) is 11.8 Å². The number of hydrogen-bond acceptors (Lipinski definition) is 3. The Hall–Kier alpha value is -1.10. The van der Waals surface area contributed by atoms with Crippen LogP contribution < -0.4 is 5.32 Å². The second-order valence-corrected chi connectivity index (χ2v) is 4.22. The van der Waals surface area contributed by atoms with Crippen LogP contribution in [0.4, 0.5) is 0 Å². The fourth-order valence-corrected chi connectivity index (χ4v) is 2.33. The van der Waals surface area contributed by atoms with Gasteiger partial charge < -0.3 is 15.3 Å². The Labute approximate surface area is 88.4 Å². The summed E-state index contributed by atoms with van der Waals surface area (Å²) in [4.78, 5) is 24.7. The van der Waals surface area contributed by atoms with Gasteiger partial charge in [0.25, 0.3) is 0 Å². The van der Waals surface area contributed by atoms with Crippen LogP contribution in [0, 0.1) is 5.92 Å². The highest BCUT2D eigenvalue weighted by molar-refractivity contribution is 5.89. The zero-order valence-corrected chi connectivity index (χ0v) is 8.61. The van der Waals surface area contributed by atoms with Crippen molar-refractivity contribution in [3.8, 4) is 0 Å². The summed E-state index contributed by atoms with van der Waals surface area (Å²) < 4.78 is 0. The SMILES string of the molecule is O=C1CC(C(=O)N2CCCC2CO)CN1. The minimum atomic E-state index is -0.218. The van der Waals surface area contributed by atoms with Crippen LogP contribution in [0.3, 0.4) is 0 Å². The first-order valence-electron chi connectivity index (χ1n) is 5.40. The van der Waals surface area contributed by atoms with E-state index < -0.39 is 0 Å². The third-order valence-electron chi connectivity index (χ3n) is 3.20. The molecule has 84 valence electrons. The Kier molecular flexibility index (Phi) is 2.90. The highest BCUT2D eigenvalue weighted by atomic mass is 16.3. The molecule has 0 aromatic rings. The zero-order chi connectivity index (χ0) is 10.8. The molecule has 2 heterocycles. The predicted molar refractivity (Wildman–Crippen MR) is 52.9 cm³/mol. The number of aliphatic hydroxyl groups excluding tert-OH is 1. The van der Waals surface area contributed by atoms with Crippen molar-refractivity contribution in [2.24, 2.45) is 5.92 Å². The molecule has 5 heteroatoms. The molecule has 0 radical (unpaired) electrons. The number of carbonyl (C=O) groups excluding carboxylic acids is 2. The van der Waals surface area contributed by atoms with Gasteiger partial charge in [0, 0.05) is 19.5 Å². The molecule has 0 aromatic carbocycles. The van der Waals surface area contributed by atoms with Crippen LogP contribution in [0.1, 0.15) is 19.3 Å². The number of likely N-dealkylation sites (tertiary alicyclic amines) is 1. The van der Waals surface area contributed by atoms with Crippen LogP contribution in [-0.2, 0) is 9.59 Å². The number of rotatable bonds is 2. The van der Waals surface area contributed by atoms with Crippen LogP contribution in [0.15, 0.2) is 0 Å². The van der Waals surface area contributed by atoms with Gasteiger partial charge in [-0.15, -0.1) is 0 Å². The van der Waals surface area contributed by atoms with E-state index in [0.717, 1.165) is 19.4 Å². The summed E-state index contributed by atoms with van der Waals surface area (Å²) in [6.07, 6.45) is 2.12. The van der Waals surface area contributed by atoms with Crippen molar-refractivity contribution in [3.63, 3.8) is 0 Å². The lowest BCUT2D eigenvalue weighted by atomic mass is 10.1. The molecule has 2 atom stereocenters. The van der Waals surface area contributed by atoms with Crippen molar-refractivity contribution < 1.29 is 14.7 Å². The van der Waals surface area contributed by atoms with E-state index in [1.807, 2.05) is 0 Å². The summed E-state index contributed by atoms with van der Waals surface area (Å²) in [7, 11) is 0. The number of aliphatic hydroxyl groups is 1. The Morgan fingerprint density at radius 1 is 1.60 bits per heavy atom. The highest BCUT2D eigenvalue weighted by Crippen LogP contribution is 2.21. The first-order valence-corrected chi connectivity index (χ1v) is 5.40. The third-order valence-corrected chi connectivity index (χ3v) is 3.20. The topological polar surface area (TPSA) is 69.6 Å². The molecule has 2 aliphatic heterocycles. The van der Waals surface area contributed by atoms with Crippen molar-refractivity contribution in [3.05, 3.63) is 0 Å². The van der Waals surface area contributed by atoms with Crippen LogP contribution in [-0.4, -0.2) is 47.6 Å². The standard InChI is InChI=1S/C10H16N2O3/c13-6-8-2-1-3-12(8)10(15)7-4-9(14)11-5-7/h7-8,13H,1-6H2,(H,11,14). The lowest BCUT2D eigenvalue weighted by Crippen LogP contribution is -2.41. The second kappa shape index (κ2) is 4.18. The second-order valence-electron chi connectivity index (χ2n) is 4.22. The molecule has 0 saturated carbocycles. The first-order chi connectivity index (χ1) is 7.22. The number of nitrogens with one attached hydrogen (secondary N) is 1. The lowest BCUT2D eigenvalue weighted by molar-refractivity contribution is -0.137. The van der Waals surface area contributed by atoms with Gasteiger partial charge >= 0.3 is 0 Å². The zero-order valence-electron chi connectivity index (χ0n) is 8.61. The molecule has 2 fully saturated rings. The van der Waals surface area contributed by atoms with E-state index in [1.54, 1.807) is 4.90 Å². The summed E-state index contributed by atoms with van der Waals surface area (Å²) in [6, 6.07) is -0.0341. The molecular formula is C10H16N2O3. The van der Waals surface area contributed by atoms with Gasteiger partial charge in [0.1, 0.15) is 0 Å². The van der Waals surface area contributed by atoms with Crippen LogP contribution >= 0.6 is 0 Å². The number of hydrogen-bond donors (Lipinski definition) is 2. The highest BCUT2D eigenvalue weighted by Gasteiger charge is 2.36. The molecule has 0 aromatic heterocycles.